The molecule has 2 heteroatoms. The molecule has 2 N–H and O–H groups in total. The Morgan fingerprint density at radius 3 is 2.78 bits per heavy atom. The maximum atomic E-state index is 5.83. The van der Waals surface area contributed by atoms with E-state index in [0.29, 0.717) is 6.04 Å². The van der Waals surface area contributed by atoms with Crippen LogP contribution in [0.5, 0.6) is 0 Å². The van der Waals surface area contributed by atoms with E-state index in [2.05, 4.69) is 48.2 Å². The lowest BCUT2D eigenvalue weighted by atomic mass is 10.0. The van der Waals surface area contributed by atoms with Gasteiger partial charge in [0.1, 0.15) is 0 Å². The molecule has 1 aromatic carbocycles. The molecule has 1 heterocycles. The predicted molar refractivity (Wildman–Crippen MR) is 77.3 cm³/mol. The number of nitrogens with zero attached hydrogens (tertiary/aromatic N) is 1. The van der Waals surface area contributed by atoms with Gasteiger partial charge in [-0.2, -0.15) is 0 Å². The minimum absolute atomic E-state index is 0.315. The Labute approximate surface area is 110 Å². The number of nitrogens with two attached hydrogens (primary N) is 1. The first-order chi connectivity index (χ1) is 8.74. The van der Waals surface area contributed by atoms with Crippen molar-refractivity contribution in [2.75, 3.05) is 13.1 Å². The van der Waals surface area contributed by atoms with E-state index in [-0.39, 0.29) is 0 Å². The Hall–Kier alpha value is -1.12. The van der Waals surface area contributed by atoms with E-state index >= 15 is 0 Å². The molecule has 1 atom stereocenters. The van der Waals surface area contributed by atoms with Crippen LogP contribution in [0.4, 0.5) is 0 Å². The predicted octanol–water partition coefficient (Wildman–Crippen LogP) is 2.95. The van der Waals surface area contributed by atoms with E-state index in [4.69, 9.17) is 5.73 Å². The number of rotatable bonds is 5. The lowest BCUT2D eigenvalue weighted by Crippen LogP contribution is -2.30. The molecule has 1 aliphatic heterocycles. The Morgan fingerprint density at radius 1 is 1.28 bits per heavy atom. The van der Waals surface area contributed by atoms with Gasteiger partial charge in [0.2, 0.25) is 0 Å². The molecular formula is C16H24N2. The smallest absolute Gasteiger partial charge is 0.0237 e. The molecule has 2 nitrogen and oxygen atoms in total. The fourth-order valence-electron chi connectivity index (χ4n) is 2.45. The minimum atomic E-state index is 0.315. The van der Waals surface area contributed by atoms with E-state index < -0.39 is 0 Å². The first kappa shape index (κ1) is 13.3. The van der Waals surface area contributed by atoms with Crippen LogP contribution in [0.2, 0.25) is 0 Å². The Balaban J connectivity index is 1.84. The first-order valence-corrected chi connectivity index (χ1v) is 6.94. The monoisotopic (exact) mass is 244 g/mol. The third kappa shape index (κ3) is 4.28. The summed E-state index contributed by atoms with van der Waals surface area (Å²) >= 11 is 0. The Bertz CT molecular complexity index is 381. The van der Waals surface area contributed by atoms with E-state index in [9.17, 15) is 0 Å². The molecule has 0 bridgehead atoms. The van der Waals surface area contributed by atoms with Crippen LogP contribution in [0.25, 0.3) is 0 Å². The summed E-state index contributed by atoms with van der Waals surface area (Å²) in [6, 6.07) is 11.0. The van der Waals surface area contributed by atoms with E-state index in [0.717, 1.165) is 25.9 Å². The third-order valence-electron chi connectivity index (χ3n) is 3.47. The molecular weight excluding hydrogens is 220 g/mol. The average Bonchev–Trinajstić information content (AvgIpc) is 2.38. The van der Waals surface area contributed by atoms with Crippen LogP contribution in [0.3, 0.4) is 0 Å². The van der Waals surface area contributed by atoms with Crippen LogP contribution in [0.1, 0.15) is 31.7 Å². The molecule has 0 aliphatic carbocycles. The molecule has 0 amide bonds. The molecule has 98 valence electrons. The third-order valence-corrected chi connectivity index (χ3v) is 3.47. The molecule has 1 unspecified atom stereocenters. The molecule has 0 aromatic heterocycles. The van der Waals surface area contributed by atoms with Crippen molar-refractivity contribution in [1.29, 1.82) is 0 Å². The summed E-state index contributed by atoms with van der Waals surface area (Å²) in [5, 5.41) is 0. The second-order valence-electron chi connectivity index (χ2n) is 5.36. The van der Waals surface area contributed by atoms with E-state index in [1.165, 1.54) is 18.5 Å². The Morgan fingerprint density at radius 2 is 2.06 bits per heavy atom. The normalized spacial score (nSPS) is 18.4. The standard InChI is InChI=1S/C16H24N2/c1-14(17)9-10-16-8-5-11-18(13-16)12-15-6-3-2-4-7-15/h2-4,6-8,14H,5,9-13,17H2,1H3. The first-order valence-electron chi connectivity index (χ1n) is 6.94. The van der Waals surface area contributed by atoms with Crippen LogP contribution >= 0.6 is 0 Å². The van der Waals surface area contributed by atoms with E-state index in [1.807, 2.05) is 0 Å². The van der Waals surface area contributed by atoms with E-state index in [1.54, 1.807) is 5.57 Å². The van der Waals surface area contributed by atoms with Gasteiger partial charge in [0.15, 0.2) is 0 Å². The van der Waals surface area contributed by atoms with Crippen molar-refractivity contribution in [3.05, 3.63) is 47.5 Å². The van der Waals surface area contributed by atoms with Crippen molar-refractivity contribution in [2.45, 2.75) is 38.8 Å². The second-order valence-corrected chi connectivity index (χ2v) is 5.36. The topological polar surface area (TPSA) is 29.3 Å². The van der Waals surface area contributed by atoms with Crippen molar-refractivity contribution in [3.8, 4) is 0 Å². The number of hydrogen-bond acceptors (Lipinski definition) is 2. The van der Waals surface area contributed by atoms with Crippen molar-refractivity contribution in [3.63, 3.8) is 0 Å². The van der Waals surface area contributed by atoms with Crippen LogP contribution in [-0.2, 0) is 6.54 Å². The molecule has 1 aliphatic rings. The van der Waals surface area contributed by atoms with Gasteiger partial charge in [-0.15, -0.1) is 0 Å². The molecule has 0 radical (unpaired) electrons. The summed E-state index contributed by atoms with van der Waals surface area (Å²) < 4.78 is 0. The van der Waals surface area contributed by atoms with Gasteiger partial charge in [-0.05, 0) is 31.7 Å². The van der Waals surface area contributed by atoms with Crippen LogP contribution in [-0.4, -0.2) is 24.0 Å². The minimum Gasteiger partial charge on any atom is -0.328 e. The highest BCUT2D eigenvalue weighted by molar-refractivity contribution is 5.16. The summed E-state index contributed by atoms with van der Waals surface area (Å²) in [5.41, 5.74) is 8.80. The number of hydrogen-bond donors (Lipinski definition) is 1. The molecule has 0 saturated heterocycles. The van der Waals surface area contributed by atoms with Gasteiger partial charge in [0.25, 0.3) is 0 Å². The second kappa shape index (κ2) is 6.72. The van der Waals surface area contributed by atoms with Crippen molar-refractivity contribution < 1.29 is 0 Å². The molecule has 0 saturated carbocycles. The van der Waals surface area contributed by atoms with Gasteiger partial charge in [-0.3, -0.25) is 4.90 Å². The SMILES string of the molecule is CC(N)CCC1=CCCN(Cc2ccccc2)C1. The average molecular weight is 244 g/mol. The summed E-state index contributed by atoms with van der Waals surface area (Å²) in [4.78, 5) is 2.53. The van der Waals surface area contributed by atoms with Gasteiger partial charge in [-0.1, -0.05) is 42.0 Å². The van der Waals surface area contributed by atoms with Crippen LogP contribution in [0.15, 0.2) is 42.0 Å². The van der Waals surface area contributed by atoms with Crippen molar-refractivity contribution >= 4 is 0 Å². The summed E-state index contributed by atoms with van der Waals surface area (Å²) in [7, 11) is 0. The molecule has 1 aromatic rings. The van der Waals surface area contributed by atoms with Crippen LogP contribution < -0.4 is 5.73 Å². The van der Waals surface area contributed by atoms with Gasteiger partial charge in [-0.25, -0.2) is 0 Å². The van der Waals surface area contributed by atoms with Gasteiger partial charge < -0.3 is 5.73 Å². The zero-order valence-electron chi connectivity index (χ0n) is 11.3. The van der Waals surface area contributed by atoms with Crippen LogP contribution in [0, 0.1) is 0 Å². The molecule has 0 fully saturated rings. The largest absolute Gasteiger partial charge is 0.328 e. The molecule has 18 heavy (non-hydrogen) atoms. The highest BCUT2D eigenvalue weighted by atomic mass is 15.1. The van der Waals surface area contributed by atoms with Crippen molar-refractivity contribution in [2.24, 2.45) is 5.73 Å². The molecule has 2 rings (SSSR count). The lowest BCUT2D eigenvalue weighted by molar-refractivity contribution is 0.278. The maximum absolute atomic E-state index is 5.83. The number of benzene rings is 1. The zero-order valence-corrected chi connectivity index (χ0v) is 11.3. The zero-order chi connectivity index (χ0) is 12.8. The summed E-state index contributed by atoms with van der Waals surface area (Å²) in [5.74, 6) is 0. The highest BCUT2D eigenvalue weighted by Crippen LogP contribution is 2.17. The molecule has 0 spiro atoms. The summed E-state index contributed by atoms with van der Waals surface area (Å²) in [6.45, 7) is 5.44. The van der Waals surface area contributed by atoms with Gasteiger partial charge in [0, 0.05) is 25.7 Å². The van der Waals surface area contributed by atoms with Gasteiger partial charge >= 0.3 is 0 Å². The quantitative estimate of drug-likeness (QED) is 0.807. The summed E-state index contributed by atoms with van der Waals surface area (Å²) in [6.07, 6.45) is 5.85. The highest BCUT2D eigenvalue weighted by Gasteiger charge is 2.12. The fourth-order valence-corrected chi connectivity index (χ4v) is 2.45. The maximum Gasteiger partial charge on any atom is 0.0237 e. The van der Waals surface area contributed by atoms with Crippen molar-refractivity contribution in [1.82, 2.24) is 4.90 Å². The fraction of sp³-hybridized carbons (Fsp3) is 0.500. The van der Waals surface area contributed by atoms with Gasteiger partial charge in [0.05, 0.1) is 0 Å². The lowest BCUT2D eigenvalue weighted by Gasteiger charge is -2.27. The Kier molecular flexibility index (Phi) is 4.97.